The normalized spacial score (nSPS) is 23.2. The lowest BCUT2D eigenvalue weighted by molar-refractivity contribution is -0.150. The van der Waals surface area contributed by atoms with Crippen molar-refractivity contribution in [3.63, 3.8) is 0 Å². The lowest BCUT2D eigenvalue weighted by Crippen LogP contribution is -2.23. The third-order valence-electron chi connectivity index (χ3n) is 3.05. The zero-order valence-electron chi connectivity index (χ0n) is 10.5. The van der Waals surface area contributed by atoms with Crippen molar-refractivity contribution in [1.29, 1.82) is 0 Å². The molecule has 0 saturated carbocycles. The van der Waals surface area contributed by atoms with Gasteiger partial charge in [0, 0.05) is 13.1 Å². The fraction of sp³-hybridized carbons (Fsp3) is 0.727. The van der Waals surface area contributed by atoms with Crippen LogP contribution in [0.5, 0.6) is 0 Å². The third-order valence-corrected chi connectivity index (χ3v) is 3.05. The highest BCUT2D eigenvalue weighted by Crippen LogP contribution is 2.32. The van der Waals surface area contributed by atoms with Crippen molar-refractivity contribution < 1.29 is 19.2 Å². The molecule has 1 fully saturated rings. The SMILES string of the molecule is CCN(CC)c1noc(C2CCC(C(=O)O)O2)n1. The van der Waals surface area contributed by atoms with Crippen LogP contribution < -0.4 is 4.90 Å². The zero-order valence-corrected chi connectivity index (χ0v) is 10.5. The van der Waals surface area contributed by atoms with Gasteiger partial charge in [-0.3, -0.25) is 0 Å². The van der Waals surface area contributed by atoms with Crippen LogP contribution in [-0.2, 0) is 9.53 Å². The molecule has 2 heterocycles. The van der Waals surface area contributed by atoms with Crippen LogP contribution in [0.25, 0.3) is 0 Å². The van der Waals surface area contributed by atoms with Crippen molar-refractivity contribution in [2.24, 2.45) is 0 Å². The Hall–Kier alpha value is -1.63. The number of nitrogens with zero attached hydrogens (tertiary/aromatic N) is 3. The molecule has 0 aliphatic carbocycles. The van der Waals surface area contributed by atoms with Gasteiger partial charge in [-0.05, 0) is 31.8 Å². The highest BCUT2D eigenvalue weighted by molar-refractivity contribution is 5.72. The van der Waals surface area contributed by atoms with Gasteiger partial charge in [-0.25, -0.2) is 4.79 Å². The van der Waals surface area contributed by atoms with Gasteiger partial charge in [-0.1, -0.05) is 0 Å². The Morgan fingerprint density at radius 3 is 2.72 bits per heavy atom. The first-order chi connectivity index (χ1) is 8.65. The van der Waals surface area contributed by atoms with Crippen LogP contribution in [0.3, 0.4) is 0 Å². The number of aromatic nitrogens is 2. The molecule has 1 N–H and O–H groups in total. The molecule has 18 heavy (non-hydrogen) atoms. The van der Waals surface area contributed by atoms with Gasteiger partial charge >= 0.3 is 5.97 Å². The summed E-state index contributed by atoms with van der Waals surface area (Å²) in [4.78, 5) is 17.0. The van der Waals surface area contributed by atoms with Crippen molar-refractivity contribution in [3.8, 4) is 0 Å². The Labute approximate surface area is 105 Å². The molecule has 0 spiro atoms. The molecule has 2 atom stereocenters. The van der Waals surface area contributed by atoms with Gasteiger partial charge < -0.3 is 19.3 Å². The molecular formula is C11H17N3O4. The quantitative estimate of drug-likeness (QED) is 0.846. The van der Waals surface area contributed by atoms with E-state index in [1.54, 1.807) is 0 Å². The van der Waals surface area contributed by atoms with E-state index in [0.717, 1.165) is 13.1 Å². The molecule has 0 amide bonds. The summed E-state index contributed by atoms with van der Waals surface area (Å²) in [5, 5.41) is 12.7. The van der Waals surface area contributed by atoms with Crippen molar-refractivity contribution >= 4 is 11.9 Å². The molecule has 0 bridgehead atoms. The molecular weight excluding hydrogens is 238 g/mol. The lowest BCUT2D eigenvalue weighted by Gasteiger charge is -2.14. The van der Waals surface area contributed by atoms with Crippen molar-refractivity contribution in [1.82, 2.24) is 10.1 Å². The molecule has 1 aromatic rings. The summed E-state index contributed by atoms with van der Waals surface area (Å²) in [7, 11) is 0. The maximum Gasteiger partial charge on any atom is 0.332 e. The second-order valence-electron chi connectivity index (χ2n) is 4.13. The summed E-state index contributed by atoms with van der Waals surface area (Å²) >= 11 is 0. The van der Waals surface area contributed by atoms with Gasteiger partial charge in [0.05, 0.1) is 0 Å². The second kappa shape index (κ2) is 5.34. The summed E-state index contributed by atoms with van der Waals surface area (Å²) in [6, 6.07) is 0. The molecule has 100 valence electrons. The predicted octanol–water partition coefficient (Wildman–Crippen LogP) is 1.22. The van der Waals surface area contributed by atoms with E-state index >= 15 is 0 Å². The van der Waals surface area contributed by atoms with Crippen LogP contribution in [0.4, 0.5) is 5.95 Å². The average Bonchev–Trinajstić information content (AvgIpc) is 2.98. The van der Waals surface area contributed by atoms with E-state index in [2.05, 4.69) is 10.1 Å². The number of rotatable bonds is 5. The summed E-state index contributed by atoms with van der Waals surface area (Å²) < 4.78 is 10.5. The Bertz CT molecular complexity index is 416. The fourth-order valence-corrected chi connectivity index (χ4v) is 1.99. The van der Waals surface area contributed by atoms with Crippen LogP contribution in [0.2, 0.25) is 0 Å². The third kappa shape index (κ3) is 2.45. The zero-order chi connectivity index (χ0) is 13.1. The van der Waals surface area contributed by atoms with Crippen molar-refractivity contribution in [2.75, 3.05) is 18.0 Å². The number of ether oxygens (including phenoxy) is 1. The minimum Gasteiger partial charge on any atom is -0.479 e. The van der Waals surface area contributed by atoms with Gasteiger partial charge in [0.15, 0.2) is 6.10 Å². The van der Waals surface area contributed by atoms with E-state index < -0.39 is 18.2 Å². The molecule has 7 nitrogen and oxygen atoms in total. The Morgan fingerprint density at radius 2 is 2.17 bits per heavy atom. The molecule has 1 saturated heterocycles. The predicted molar refractivity (Wildman–Crippen MR) is 62.3 cm³/mol. The standard InChI is InChI=1S/C11H17N3O4/c1-3-14(4-2)11-12-9(18-13-11)7-5-6-8(17-7)10(15)16/h7-8H,3-6H2,1-2H3,(H,15,16). The van der Waals surface area contributed by atoms with Gasteiger partial charge in [-0.2, -0.15) is 4.98 Å². The minimum absolute atomic E-state index is 0.362. The van der Waals surface area contributed by atoms with Crippen molar-refractivity contribution in [3.05, 3.63) is 5.89 Å². The number of hydrogen-bond donors (Lipinski definition) is 1. The highest BCUT2D eigenvalue weighted by Gasteiger charge is 2.34. The molecule has 1 aromatic heterocycles. The molecule has 0 aromatic carbocycles. The van der Waals surface area contributed by atoms with E-state index in [-0.39, 0.29) is 0 Å². The first-order valence-electron chi connectivity index (χ1n) is 6.12. The number of carboxylic acids is 1. The van der Waals surface area contributed by atoms with Gasteiger partial charge in [0.1, 0.15) is 6.10 Å². The minimum atomic E-state index is -0.944. The van der Waals surface area contributed by atoms with Gasteiger partial charge in [0.25, 0.3) is 11.8 Å². The van der Waals surface area contributed by atoms with Gasteiger partial charge in [0.2, 0.25) is 0 Å². The summed E-state index contributed by atoms with van der Waals surface area (Å²) in [5.74, 6) is -0.0565. The molecule has 7 heteroatoms. The van der Waals surface area contributed by atoms with Crippen LogP contribution in [0, 0.1) is 0 Å². The molecule has 1 aliphatic heterocycles. The average molecular weight is 255 g/mol. The number of carboxylic acid groups (broad SMARTS) is 1. The number of hydrogen-bond acceptors (Lipinski definition) is 6. The maximum atomic E-state index is 10.8. The van der Waals surface area contributed by atoms with Crippen LogP contribution in [-0.4, -0.2) is 40.4 Å². The first kappa shape index (κ1) is 12.8. The lowest BCUT2D eigenvalue weighted by atomic mass is 10.2. The summed E-state index contributed by atoms with van der Waals surface area (Å²) in [6.07, 6.45) is -0.0958. The molecule has 1 aliphatic rings. The molecule has 0 radical (unpaired) electrons. The van der Waals surface area contributed by atoms with E-state index in [9.17, 15) is 4.79 Å². The topological polar surface area (TPSA) is 88.7 Å². The maximum absolute atomic E-state index is 10.8. The largest absolute Gasteiger partial charge is 0.479 e. The highest BCUT2D eigenvalue weighted by atomic mass is 16.6. The Morgan fingerprint density at radius 1 is 1.44 bits per heavy atom. The summed E-state index contributed by atoms with van der Waals surface area (Å²) in [6.45, 7) is 5.59. The number of carbonyl (C=O) groups is 1. The van der Waals surface area contributed by atoms with E-state index in [1.807, 2.05) is 18.7 Å². The fourth-order valence-electron chi connectivity index (χ4n) is 1.99. The first-order valence-corrected chi connectivity index (χ1v) is 6.12. The van der Waals surface area contributed by atoms with E-state index in [1.165, 1.54) is 0 Å². The Balaban J connectivity index is 2.05. The van der Waals surface area contributed by atoms with E-state index in [4.69, 9.17) is 14.4 Å². The van der Waals surface area contributed by atoms with Crippen molar-refractivity contribution in [2.45, 2.75) is 38.9 Å². The number of aliphatic carboxylic acids is 1. The van der Waals surface area contributed by atoms with E-state index in [0.29, 0.717) is 24.7 Å². The second-order valence-corrected chi connectivity index (χ2v) is 4.13. The van der Waals surface area contributed by atoms with Crippen LogP contribution >= 0.6 is 0 Å². The number of anilines is 1. The van der Waals surface area contributed by atoms with Gasteiger partial charge in [-0.15, -0.1) is 0 Å². The molecule has 2 rings (SSSR count). The van der Waals surface area contributed by atoms with Crippen LogP contribution in [0.15, 0.2) is 4.52 Å². The monoisotopic (exact) mass is 255 g/mol. The van der Waals surface area contributed by atoms with Crippen LogP contribution in [0.1, 0.15) is 38.7 Å². The Kier molecular flexibility index (Phi) is 3.81. The summed E-state index contributed by atoms with van der Waals surface area (Å²) in [5.41, 5.74) is 0. The molecule has 2 unspecified atom stereocenters. The smallest absolute Gasteiger partial charge is 0.332 e.